The first-order valence-electron chi connectivity index (χ1n) is 5.68. The zero-order valence-corrected chi connectivity index (χ0v) is 13.5. The van der Waals surface area contributed by atoms with Gasteiger partial charge < -0.3 is 0 Å². The fourth-order valence-electron chi connectivity index (χ4n) is 1.24. The molecule has 2 rings (SSSR count). The Hall–Kier alpha value is -1.49. The summed E-state index contributed by atoms with van der Waals surface area (Å²) in [7, 11) is -10.7. The van der Waals surface area contributed by atoms with Gasteiger partial charge in [0.1, 0.15) is 0 Å². The van der Waals surface area contributed by atoms with Gasteiger partial charge in [0, 0.05) is 21.9 Å². The summed E-state index contributed by atoms with van der Waals surface area (Å²) >= 11 is 7.63. The van der Waals surface area contributed by atoms with E-state index >= 15 is 0 Å². The van der Waals surface area contributed by atoms with Gasteiger partial charge in [0.05, 0.1) is 5.02 Å². The van der Waals surface area contributed by atoms with E-state index in [1.54, 1.807) is 23.9 Å². The molecular weight excluding hydrogens is 385 g/mol. The Morgan fingerprint density at radius 1 is 0.870 bits per heavy atom. The number of diazo groups is 1. The molecular formula is C12H8ClF6N2PS. The van der Waals surface area contributed by atoms with Crippen molar-refractivity contribution < 1.29 is 25.2 Å². The van der Waals surface area contributed by atoms with E-state index in [0.29, 0.717) is 5.69 Å². The molecule has 0 heterocycles. The first-order chi connectivity index (χ1) is 10.2. The SMILES string of the molecule is F[P-](F)(F)(F)(F)F.N#[N+]c1ccc(Sc2ccccc2Cl)cc1. The molecule has 23 heavy (non-hydrogen) atoms. The zero-order chi connectivity index (χ0) is 17.8. The van der Waals surface area contributed by atoms with E-state index < -0.39 is 7.81 Å². The van der Waals surface area contributed by atoms with Crippen LogP contribution in [0.1, 0.15) is 0 Å². The van der Waals surface area contributed by atoms with Gasteiger partial charge in [-0.25, -0.2) is 0 Å². The normalized spacial score (nSPS) is 13.8. The molecule has 2 aromatic carbocycles. The van der Waals surface area contributed by atoms with Crippen molar-refractivity contribution in [1.82, 2.24) is 0 Å². The standard InChI is InChI=1S/C12H8ClN2S.F6P/c13-11-3-1-2-4-12(11)16-10-7-5-9(15-14)6-8-10;1-7(2,3,4,5)6/h1-8H;/q+1;-1. The van der Waals surface area contributed by atoms with Gasteiger partial charge in [-0.3, -0.25) is 0 Å². The van der Waals surface area contributed by atoms with E-state index in [9.17, 15) is 25.2 Å². The van der Waals surface area contributed by atoms with Crippen LogP contribution < -0.4 is 0 Å². The first kappa shape index (κ1) is 19.6. The van der Waals surface area contributed by atoms with Crippen LogP contribution in [0.5, 0.6) is 0 Å². The molecule has 0 bridgehead atoms. The molecule has 0 spiro atoms. The van der Waals surface area contributed by atoms with Crippen LogP contribution in [0.15, 0.2) is 58.3 Å². The van der Waals surface area contributed by atoms with Gasteiger partial charge in [-0.2, -0.15) is 0 Å². The minimum Gasteiger partial charge on any atom is -0.0885 e. The first-order valence-corrected chi connectivity index (χ1v) is 8.91. The summed E-state index contributed by atoms with van der Waals surface area (Å²) in [5, 5.41) is 9.30. The van der Waals surface area contributed by atoms with Crippen LogP contribution in [0, 0.1) is 5.39 Å². The quantitative estimate of drug-likeness (QED) is 0.292. The zero-order valence-electron chi connectivity index (χ0n) is 11.0. The Bertz CT molecular complexity index is 716. The Morgan fingerprint density at radius 2 is 1.35 bits per heavy atom. The van der Waals surface area contributed by atoms with Gasteiger partial charge in [-0.1, -0.05) is 35.5 Å². The summed E-state index contributed by atoms with van der Waals surface area (Å²) in [5.74, 6) is 0. The van der Waals surface area contributed by atoms with E-state index in [1.165, 1.54) is 0 Å². The molecule has 2 aromatic rings. The molecule has 0 atom stereocenters. The van der Waals surface area contributed by atoms with Crippen molar-refractivity contribution in [3.05, 3.63) is 58.5 Å². The minimum atomic E-state index is -10.7. The van der Waals surface area contributed by atoms with Crippen LogP contribution in [0.4, 0.5) is 30.9 Å². The third-order valence-electron chi connectivity index (χ3n) is 2.02. The molecule has 0 aromatic heterocycles. The third kappa shape index (κ3) is 10.8. The number of hydrogen-bond acceptors (Lipinski definition) is 2. The summed E-state index contributed by atoms with van der Waals surface area (Å²) in [5.41, 5.74) is 0.545. The summed E-state index contributed by atoms with van der Waals surface area (Å²) in [6.45, 7) is 0. The molecule has 2 nitrogen and oxygen atoms in total. The molecule has 0 unspecified atom stereocenters. The molecule has 0 radical (unpaired) electrons. The molecule has 11 heteroatoms. The number of benzene rings is 2. The second-order valence-corrected chi connectivity index (χ2v) is 7.52. The topological polar surface area (TPSA) is 28.1 Å². The molecule has 0 amide bonds. The fraction of sp³-hybridized carbons (Fsp3) is 0. The average Bonchev–Trinajstić information content (AvgIpc) is 2.39. The Balaban J connectivity index is 0.000000322. The minimum absolute atomic E-state index is 0.545. The predicted molar refractivity (Wildman–Crippen MR) is 80.3 cm³/mol. The van der Waals surface area contributed by atoms with Gasteiger partial charge in [-0.05, 0) is 24.3 Å². The van der Waals surface area contributed by atoms with Crippen LogP contribution in [0.2, 0.25) is 5.02 Å². The predicted octanol–water partition coefficient (Wildman–Crippen LogP) is 8.36. The van der Waals surface area contributed by atoms with Crippen molar-refractivity contribution in [1.29, 1.82) is 5.39 Å². The van der Waals surface area contributed by atoms with E-state index in [2.05, 4.69) is 4.98 Å². The van der Waals surface area contributed by atoms with Crippen molar-refractivity contribution in [2.45, 2.75) is 9.79 Å². The molecule has 0 aliphatic carbocycles. The van der Waals surface area contributed by atoms with Crippen LogP contribution >= 0.6 is 31.2 Å². The third-order valence-corrected chi connectivity index (χ3v) is 3.54. The van der Waals surface area contributed by atoms with Crippen molar-refractivity contribution in [2.24, 2.45) is 0 Å². The molecule has 0 saturated heterocycles. The summed E-state index contributed by atoms with van der Waals surface area (Å²) in [4.78, 5) is 5.17. The van der Waals surface area contributed by atoms with E-state index in [4.69, 9.17) is 17.0 Å². The summed E-state index contributed by atoms with van der Waals surface area (Å²) in [6, 6.07) is 15.0. The average molecular weight is 393 g/mol. The van der Waals surface area contributed by atoms with Crippen LogP contribution in [-0.2, 0) is 0 Å². The molecule has 0 aliphatic rings. The second-order valence-electron chi connectivity index (χ2n) is 4.08. The maximum atomic E-state index is 9.87. The van der Waals surface area contributed by atoms with Crippen molar-refractivity contribution in [3.63, 3.8) is 0 Å². The smallest absolute Gasteiger partial charge is 0.0885 e. The summed E-state index contributed by atoms with van der Waals surface area (Å²) in [6.07, 6.45) is 0. The van der Waals surface area contributed by atoms with Gasteiger partial charge in [0.2, 0.25) is 5.39 Å². The Labute approximate surface area is 136 Å². The molecule has 0 aliphatic heterocycles. The van der Waals surface area contributed by atoms with E-state index in [-0.39, 0.29) is 0 Å². The van der Waals surface area contributed by atoms with Crippen LogP contribution in [0.3, 0.4) is 0 Å². The van der Waals surface area contributed by atoms with Gasteiger partial charge >= 0.3 is 38.7 Å². The fourth-order valence-corrected chi connectivity index (χ4v) is 2.33. The maximum Gasteiger partial charge on any atom is 0.385 e. The molecule has 0 fully saturated rings. The monoisotopic (exact) mass is 392 g/mol. The van der Waals surface area contributed by atoms with Gasteiger partial charge in [-0.15, -0.1) is 0 Å². The van der Waals surface area contributed by atoms with Gasteiger partial charge in [0.25, 0.3) is 0 Å². The number of nitrogens with zero attached hydrogens (tertiary/aromatic N) is 2. The maximum absolute atomic E-state index is 10.7. The van der Waals surface area contributed by atoms with Crippen molar-refractivity contribution in [3.8, 4) is 0 Å². The largest absolute Gasteiger partial charge is 0.385 e. The van der Waals surface area contributed by atoms with Gasteiger partial charge in [0.15, 0.2) is 4.98 Å². The van der Waals surface area contributed by atoms with Crippen molar-refractivity contribution >= 4 is 36.9 Å². The van der Waals surface area contributed by atoms with Crippen LogP contribution in [0.25, 0.3) is 4.98 Å². The number of hydrogen-bond donors (Lipinski definition) is 0. The summed E-state index contributed by atoms with van der Waals surface area (Å²) < 4.78 is 59.2. The Kier molecular flexibility index (Phi) is 5.26. The Morgan fingerprint density at radius 3 is 1.78 bits per heavy atom. The van der Waals surface area contributed by atoms with Crippen LogP contribution in [-0.4, -0.2) is 0 Å². The molecule has 0 saturated carbocycles. The molecule has 0 N–H and O–H groups in total. The van der Waals surface area contributed by atoms with Crippen molar-refractivity contribution in [2.75, 3.05) is 0 Å². The van der Waals surface area contributed by atoms with E-state index in [1.807, 2.05) is 36.4 Å². The number of halogens is 7. The second kappa shape index (κ2) is 6.19. The molecule has 126 valence electrons. The number of rotatable bonds is 2. The van der Waals surface area contributed by atoms with E-state index in [0.717, 1.165) is 14.8 Å².